The van der Waals surface area contributed by atoms with Gasteiger partial charge in [0.2, 0.25) is 0 Å². The van der Waals surface area contributed by atoms with Gasteiger partial charge in [-0.15, -0.1) is 0 Å². The molecule has 4 rings (SSSR count). The minimum atomic E-state index is -0.0123. The molecule has 0 saturated carbocycles. The molecule has 2 aliphatic rings. The molecular formula is C18H19N3. The van der Waals surface area contributed by atoms with Gasteiger partial charge >= 0.3 is 0 Å². The average Bonchev–Trinajstić information content (AvgIpc) is 2.99. The Labute approximate surface area is 125 Å². The van der Waals surface area contributed by atoms with Crippen LogP contribution in [0.2, 0.25) is 0 Å². The molecular weight excluding hydrogens is 258 g/mol. The Hall–Kier alpha value is -2.29. The normalized spacial score (nSPS) is 18.9. The topological polar surface area (TPSA) is 41.6 Å². The smallest absolute Gasteiger partial charge is 0.196 e. The average molecular weight is 277 g/mol. The van der Waals surface area contributed by atoms with Crippen LogP contribution >= 0.6 is 0 Å². The monoisotopic (exact) mass is 277 g/mol. The summed E-state index contributed by atoms with van der Waals surface area (Å²) in [6.07, 6.45) is 2.03. The molecule has 1 spiro atoms. The van der Waals surface area contributed by atoms with E-state index in [-0.39, 0.29) is 5.54 Å². The standard InChI is InChI=1S/C18H19N3/c1-13-5-4-8-16(9-13)21-17(19)20-12-18(21)10-14-6-2-3-7-15(14)11-18/h2-9H,10-12H2,1H3,(H2,19,20). The third-order valence-corrected chi connectivity index (χ3v) is 4.66. The minimum absolute atomic E-state index is 0.0123. The van der Waals surface area contributed by atoms with Crippen LogP contribution in [0.15, 0.2) is 53.5 Å². The van der Waals surface area contributed by atoms with Crippen LogP contribution in [0.25, 0.3) is 0 Å². The molecule has 0 saturated heterocycles. The molecule has 2 aromatic carbocycles. The highest BCUT2D eigenvalue weighted by atomic mass is 15.4. The maximum Gasteiger partial charge on any atom is 0.196 e. The van der Waals surface area contributed by atoms with Crippen LogP contribution in [0, 0.1) is 6.92 Å². The fourth-order valence-electron chi connectivity index (χ4n) is 3.73. The van der Waals surface area contributed by atoms with E-state index in [1.54, 1.807) is 0 Å². The first kappa shape index (κ1) is 12.5. The Balaban J connectivity index is 1.77. The number of guanidine groups is 1. The molecule has 0 bridgehead atoms. The second-order valence-electron chi connectivity index (χ2n) is 6.20. The van der Waals surface area contributed by atoms with E-state index >= 15 is 0 Å². The van der Waals surface area contributed by atoms with Crippen molar-refractivity contribution in [3.63, 3.8) is 0 Å². The third kappa shape index (κ3) is 1.84. The molecule has 0 atom stereocenters. The number of fused-ring (bicyclic) bond motifs is 1. The maximum atomic E-state index is 6.23. The molecule has 0 unspecified atom stereocenters. The molecule has 21 heavy (non-hydrogen) atoms. The predicted octanol–water partition coefficient (Wildman–Crippen LogP) is 2.67. The van der Waals surface area contributed by atoms with Crippen molar-refractivity contribution in [2.45, 2.75) is 25.3 Å². The van der Waals surface area contributed by atoms with E-state index in [2.05, 4.69) is 65.3 Å². The van der Waals surface area contributed by atoms with E-state index < -0.39 is 0 Å². The number of benzene rings is 2. The summed E-state index contributed by atoms with van der Waals surface area (Å²) in [5.41, 5.74) is 11.5. The number of anilines is 1. The largest absolute Gasteiger partial charge is 0.369 e. The van der Waals surface area contributed by atoms with Gasteiger partial charge in [-0.2, -0.15) is 0 Å². The first-order chi connectivity index (χ1) is 10.2. The molecule has 0 aromatic heterocycles. The van der Waals surface area contributed by atoms with E-state index in [0.29, 0.717) is 5.96 Å². The molecule has 2 aromatic rings. The van der Waals surface area contributed by atoms with Crippen molar-refractivity contribution in [2.75, 3.05) is 11.4 Å². The molecule has 3 heteroatoms. The van der Waals surface area contributed by atoms with Crippen LogP contribution in [0.1, 0.15) is 16.7 Å². The molecule has 1 heterocycles. The van der Waals surface area contributed by atoms with Gasteiger partial charge in [-0.05, 0) is 48.6 Å². The summed E-state index contributed by atoms with van der Waals surface area (Å²) >= 11 is 0. The second kappa shape index (κ2) is 4.35. The van der Waals surface area contributed by atoms with Crippen molar-refractivity contribution in [1.29, 1.82) is 0 Å². The van der Waals surface area contributed by atoms with E-state index in [0.717, 1.165) is 25.1 Å². The maximum absolute atomic E-state index is 6.23. The van der Waals surface area contributed by atoms with E-state index in [9.17, 15) is 0 Å². The quantitative estimate of drug-likeness (QED) is 0.870. The van der Waals surface area contributed by atoms with Gasteiger partial charge in [0.1, 0.15) is 0 Å². The second-order valence-corrected chi connectivity index (χ2v) is 6.20. The lowest BCUT2D eigenvalue weighted by Gasteiger charge is -2.36. The number of rotatable bonds is 1. The summed E-state index contributed by atoms with van der Waals surface area (Å²) in [6, 6.07) is 17.2. The molecule has 0 fully saturated rings. The van der Waals surface area contributed by atoms with Crippen LogP contribution < -0.4 is 10.6 Å². The van der Waals surface area contributed by atoms with Gasteiger partial charge in [-0.1, -0.05) is 36.4 Å². The van der Waals surface area contributed by atoms with E-state index in [4.69, 9.17) is 5.73 Å². The van der Waals surface area contributed by atoms with Gasteiger partial charge in [0.25, 0.3) is 0 Å². The van der Waals surface area contributed by atoms with Gasteiger partial charge in [-0.25, -0.2) is 0 Å². The Kier molecular flexibility index (Phi) is 2.58. The fraction of sp³-hybridized carbons (Fsp3) is 0.278. The molecule has 3 nitrogen and oxygen atoms in total. The zero-order chi connectivity index (χ0) is 14.4. The highest BCUT2D eigenvalue weighted by Gasteiger charge is 2.47. The van der Waals surface area contributed by atoms with Crippen LogP contribution in [0.3, 0.4) is 0 Å². The highest BCUT2D eigenvalue weighted by molar-refractivity contribution is 5.98. The molecule has 0 radical (unpaired) electrons. The number of aryl methyl sites for hydroxylation is 1. The van der Waals surface area contributed by atoms with Crippen molar-refractivity contribution in [1.82, 2.24) is 0 Å². The van der Waals surface area contributed by atoms with Gasteiger partial charge in [0.05, 0.1) is 12.1 Å². The summed E-state index contributed by atoms with van der Waals surface area (Å²) in [7, 11) is 0. The van der Waals surface area contributed by atoms with E-state index in [1.165, 1.54) is 16.7 Å². The molecule has 2 N–H and O–H groups in total. The van der Waals surface area contributed by atoms with Gasteiger partial charge in [0.15, 0.2) is 5.96 Å². The zero-order valence-corrected chi connectivity index (χ0v) is 12.2. The van der Waals surface area contributed by atoms with Crippen LogP contribution in [0.5, 0.6) is 0 Å². The molecule has 1 aliphatic carbocycles. The van der Waals surface area contributed by atoms with Crippen LogP contribution in [-0.4, -0.2) is 18.0 Å². The van der Waals surface area contributed by atoms with Crippen molar-refractivity contribution in [3.05, 3.63) is 65.2 Å². The summed E-state index contributed by atoms with van der Waals surface area (Å²) in [5, 5.41) is 0. The number of nitrogens with two attached hydrogens (primary N) is 1. The SMILES string of the molecule is Cc1cccc(N2C(N)=NCC23Cc2ccccc2C3)c1. The number of nitrogens with zero attached hydrogens (tertiary/aromatic N) is 2. The lowest BCUT2D eigenvalue weighted by atomic mass is 9.93. The Morgan fingerprint density at radius 3 is 2.43 bits per heavy atom. The lowest BCUT2D eigenvalue weighted by Crippen LogP contribution is -2.52. The summed E-state index contributed by atoms with van der Waals surface area (Å²) < 4.78 is 0. The number of aliphatic imine (C=N–C) groups is 1. The third-order valence-electron chi connectivity index (χ3n) is 4.66. The molecule has 1 aliphatic heterocycles. The lowest BCUT2D eigenvalue weighted by molar-refractivity contribution is 0.483. The summed E-state index contributed by atoms with van der Waals surface area (Å²) in [6.45, 7) is 2.89. The van der Waals surface area contributed by atoms with Crippen LogP contribution in [0.4, 0.5) is 5.69 Å². The summed E-state index contributed by atoms with van der Waals surface area (Å²) in [4.78, 5) is 6.81. The molecule has 106 valence electrons. The van der Waals surface area contributed by atoms with Crippen molar-refractivity contribution in [3.8, 4) is 0 Å². The Bertz CT molecular complexity index is 708. The number of hydrogen-bond donors (Lipinski definition) is 1. The predicted molar refractivity (Wildman–Crippen MR) is 86.7 cm³/mol. The van der Waals surface area contributed by atoms with Crippen molar-refractivity contribution >= 4 is 11.6 Å². The molecule has 0 amide bonds. The van der Waals surface area contributed by atoms with Crippen molar-refractivity contribution in [2.24, 2.45) is 10.7 Å². The zero-order valence-electron chi connectivity index (χ0n) is 12.2. The Morgan fingerprint density at radius 2 is 1.76 bits per heavy atom. The minimum Gasteiger partial charge on any atom is -0.369 e. The van der Waals surface area contributed by atoms with Gasteiger partial charge < -0.3 is 10.6 Å². The number of hydrogen-bond acceptors (Lipinski definition) is 3. The van der Waals surface area contributed by atoms with E-state index in [1.807, 2.05) is 0 Å². The highest BCUT2D eigenvalue weighted by Crippen LogP contribution is 2.40. The van der Waals surface area contributed by atoms with Gasteiger partial charge in [-0.3, -0.25) is 4.99 Å². The fourth-order valence-corrected chi connectivity index (χ4v) is 3.73. The Morgan fingerprint density at radius 1 is 1.05 bits per heavy atom. The van der Waals surface area contributed by atoms with Crippen LogP contribution in [-0.2, 0) is 12.8 Å². The first-order valence-corrected chi connectivity index (χ1v) is 7.42. The van der Waals surface area contributed by atoms with Gasteiger partial charge in [0, 0.05) is 5.69 Å². The van der Waals surface area contributed by atoms with Crippen molar-refractivity contribution < 1.29 is 0 Å². The first-order valence-electron chi connectivity index (χ1n) is 7.42. The summed E-state index contributed by atoms with van der Waals surface area (Å²) in [5.74, 6) is 0.647.